The number of hydrogen-bond donors (Lipinski definition) is 3. The lowest BCUT2D eigenvalue weighted by molar-refractivity contribution is 0.0725. The number of nitrogens with zero attached hydrogens (tertiary/aromatic N) is 2. The summed E-state index contributed by atoms with van der Waals surface area (Å²) in [5.41, 5.74) is 9.44. The monoisotopic (exact) mass is 667 g/mol. The zero-order chi connectivity index (χ0) is 33.5. The summed E-state index contributed by atoms with van der Waals surface area (Å²) in [6.45, 7) is 5.99. The van der Waals surface area contributed by atoms with Crippen molar-refractivity contribution >= 4 is 44.3 Å². The van der Waals surface area contributed by atoms with E-state index in [1.165, 1.54) is 12.1 Å². The van der Waals surface area contributed by atoms with Gasteiger partial charge in [-0.05, 0) is 73.4 Å². The van der Waals surface area contributed by atoms with Gasteiger partial charge in [-0.15, -0.1) is 0 Å². The number of carbonyl (C=O) groups excluding carboxylic acids is 3. The van der Waals surface area contributed by atoms with Gasteiger partial charge in [-0.2, -0.15) is 0 Å². The number of hydrogen-bond acceptors (Lipinski definition) is 8. The van der Waals surface area contributed by atoms with Crippen molar-refractivity contribution in [1.29, 1.82) is 0 Å². The van der Waals surface area contributed by atoms with Gasteiger partial charge in [0.2, 0.25) is 5.91 Å². The second kappa shape index (κ2) is 12.9. The standard InChI is InChI=1S/C34H42FN5O6S/c1-34(2)19-29-31(26-10-4-22(35)18-28(26)40(29)30(41)20-34)21-3-9-25(32(36)42)27(17-21)38-23-5-7-24(8-6-23)46-33(43)37-11-12-39-13-15-47(44,45)16-14-39/h3-4,9-10,17-18,23-24,38H,5-8,11-16,19-20H2,1-2H3,(H2,36,42)(H,37,43)/t23-,24-. The summed E-state index contributed by atoms with van der Waals surface area (Å²) < 4.78 is 44.9. The van der Waals surface area contributed by atoms with Gasteiger partial charge in [0.05, 0.1) is 22.6 Å². The Balaban J connectivity index is 1.13. The molecule has 6 rings (SSSR count). The van der Waals surface area contributed by atoms with Crippen molar-refractivity contribution in [2.75, 3.05) is 43.0 Å². The topological polar surface area (TPSA) is 153 Å². The maximum Gasteiger partial charge on any atom is 0.407 e. The number of benzene rings is 2. The van der Waals surface area contributed by atoms with Crippen molar-refractivity contribution in [3.8, 4) is 11.1 Å². The number of carbonyl (C=O) groups is 3. The fourth-order valence-electron chi connectivity index (χ4n) is 7.15. The van der Waals surface area contributed by atoms with Crippen LogP contribution in [0, 0.1) is 11.2 Å². The van der Waals surface area contributed by atoms with Crippen LogP contribution in [0.25, 0.3) is 22.0 Å². The summed E-state index contributed by atoms with van der Waals surface area (Å²) in [4.78, 5) is 40.2. The third kappa shape index (κ3) is 7.30. The Hall–Kier alpha value is -3.97. The van der Waals surface area contributed by atoms with E-state index < -0.39 is 27.7 Å². The van der Waals surface area contributed by atoms with Gasteiger partial charge in [0.15, 0.2) is 9.84 Å². The van der Waals surface area contributed by atoms with E-state index in [9.17, 15) is 27.2 Å². The Morgan fingerprint density at radius 3 is 2.47 bits per heavy atom. The number of rotatable bonds is 8. The van der Waals surface area contributed by atoms with Crippen molar-refractivity contribution < 1.29 is 31.9 Å². The molecule has 4 N–H and O–H groups in total. The van der Waals surface area contributed by atoms with Crippen molar-refractivity contribution in [3.05, 3.63) is 53.5 Å². The molecule has 1 aromatic heterocycles. The summed E-state index contributed by atoms with van der Waals surface area (Å²) in [5, 5.41) is 7.05. The molecule has 0 atom stereocenters. The van der Waals surface area contributed by atoms with E-state index >= 15 is 0 Å². The van der Waals surface area contributed by atoms with Crippen LogP contribution in [0.15, 0.2) is 36.4 Å². The first-order valence-electron chi connectivity index (χ1n) is 16.2. The lowest BCUT2D eigenvalue weighted by Gasteiger charge is -2.31. The molecule has 11 nitrogen and oxygen atoms in total. The van der Waals surface area contributed by atoms with Crippen molar-refractivity contribution in [1.82, 2.24) is 14.8 Å². The van der Waals surface area contributed by atoms with Crippen LogP contribution in [0.5, 0.6) is 0 Å². The fraction of sp³-hybridized carbons (Fsp3) is 0.500. The normalized spacial score (nSPS) is 22.4. The van der Waals surface area contributed by atoms with Gasteiger partial charge in [-0.25, -0.2) is 17.6 Å². The average Bonchev–Trinajstić information content (AvgIpc) is 3.31. The summed E-state index contributed by atoms with van der Waals surface area (Å²) in [5.74, 6) is -0.765. The highest BCUT2D eigenvalue weighted by molar-refractivity contribution is 7.91. The Kier molecular flexibility index (Phi) is 9.05. The van der Waals surface area contributed by atoms with Gasteiger partial charge < -0.3 is 21.1 Å². The molecule has 1 aliphatic carbocycles. The second-order valence-corrected chi connectivity index (χ2v) is 16.1. The predicted octanol–water partition coefficient (Wildman–Crippen LogP) is 4.34. The summed E-state index contributed by atoms with van der Waals surface area (Å²) in [6.07, 6.45) is 2.95. The number of anilines is 1. The van der Waals surface area contributed by atoms with E-state index in [1.54, 1.807) is 16.7 Å². The first-order chi connectivity index (χ1) is 22.3. The van der Waals surface area contributed by atoms with Crippen molar-refractivity contribution in [3.63, 3.8) is 0 Å². The van der Waals surface area contributed by atoms with E-state index in [4.69, 9.17) is 10.5 Å². The second-order valence-electron chi connectivity index (χ2n) is 13.8. The molecule has 0 bridgehead atoms. The number of ether oxygens (including phenoxy) is 1. The third-order valence-corrected chi connectivity index (χ3v) is 11.2. The molecule has 3 aromatic rings. The number of sulfone groups is 1. The highest BCUT2D eigenvalue weighted by Gasteiger charge is 2.35. The molecule has 1 saturated heterocycles. The van der Waals surface area contributed by atoms with Crippen LogP contribution in [-0.2, 0) is 21.0 Å². The number of alkyl carbamates (subject to hydrolysis) is 1. The summed E-state index contributed by atoms with van der Waals surface area (Å²) >= 11 is 0. The molecular weight excluding hydrogens is 625 g/mol. The number of primary amides is 1. The number of fused-ring (bicyclic) bond motifs is 3. The van der Waals surface area contributed by atoms with Crippen LogP contribution < -0.4 is 16.4 Å². The van der Waals surface area contributed by atoms with Crippen LogP contribution in [-0.4, -0.2) is 85.6 Å². The molecule has 47 heavy (non-hydrogen) atoms. The minimum atomic E-state index is -2.94. The molecule has 252 valence electrons. The van der Waals surface area contributed by atoms with Gasteiger partial charge in [0.25, 0.3) is 5.91 Å². The number of amides is 2. The van der Waals surface area contributed by atoms with Crippen LogP contribution in [0.1, 0.15) is 66.8 Å². The molecule has 0 radical (unpaired) electrons. The van der Waals surface area contributed by atoms with Crippen molar-refractivity contribution in [2.24, 2.45) is 11.1 Å². The lowest BCUT2D eigenvalue weighted by atomic mass is 9.80. The van der Waals surface area contributed by atoms with Crippen molar-refractivity contribution in [2.45, 2.75) is 64.5 Å². The van der Waals surface area contributed by atoms with Crippen LogP contribution >= 0.6 is 0 Å². The Morgan fingerprint density at radius 2 is 1.77 bits per heavy atom. The van der Waals surface area contributed by atoms with E-state index in [0.29, 0.717) is 81.5 Å². The first-order valence-corrected chi connectivity index (χ1v) is 18.0. The first kappa shape index (κ1) is 33.0. The summed E-state index contributed by atoms with van der Waals surface area (Å²) in [7, 11) is -2.94. The van der Waals surface area contributed by atoms with Gasteiger partial charge in [-0.3, -0.25) is 19.1 Å². The largest absolute Gasteiger partial charge is 0.446 e. The molecule has 0 unspecified atom stereocenters. The van der Waals surface area contributed by atoms with Gasteiger partial charge in [0.1, 0.15) is 11.9 Å². The maximum absolute atomic E-state index is 14.4. The molecule has 3 heterocycles. The zero-order valence-corrected chi connectivity index (χ0v) is 27.6. The molecule has 2 fully saturated rings. The van der Waals surface area contributed by atoms with E-state index in [0.717, 1.165) is 22.2 Å². The highest BCUT2D eigenvalue weighted by Crippen LogP contribution is 2.43. The minimum Gasteiger partial charge on any atom is -0.446 e. The number of aromatic nitrogens is 1. The lowest BCUT2D eigenvalue weighted by Crippen LogP contribution is -2.44. The molecule has 3 aliphatic rings. The molecule has 2 aromatic carbocycles. The number of nitrogens with one attached hydrogen (secondary N) is 2. The van der Waals surface area contributed by atoms with Gasteiger partial charge in [0, 0.05) is 61.0 Å². The molecule has 13 heteroatoms. The molecule has 2 amide bonds. The number of nitrogens with two attached hydrogens (primary N) is 1. The molecule has 1 saturated carbocycles. The van der Waals surface area contributed by atoms with Crippen LogP contribution in [0.3, 0.4) is 0 Å². The number of halogens is 1. The van der Waals surface area contributed by atoms with E-state index in [-0.39, 0.29) is 35.0 Å². The molecular formula is C34H42FN5O6S. The van der Waals surface area contributed by atoms with Crippen LogP contribution in [0.2, 0.25) is 0 Å². The molecule has 0 spiro atoms. The Bertz CT molecular complexity index is 1820. The molecule has 2 aliphatic heterocycles. The zero-order valence-electron chi connectivity index (χ0n) is 26.8. The quantitative estimate of drug-likeness (QED) is 0.321. The van der Waals surface area contributed by atoms with Crippen LogP contribution in [0.4, 0.5) is 14.9 Å². The van der Waals surface area contributed by atoms with E-state index in [2.05, 4.69) is 24.5 Å². The Labute approximate surface area is 273 Å². The predicted molar refractivity (Wildman–Crippen MR) is 178 cm³/mol. The highest BCUT2D eigenvalue weighted by atomic mass is 32.2. The van der Waals surface area contributed by atoms with Gasteiger partial charge >= 0.3 is 6.09 Å². The van der Waals surface area contributed by atoms with E-state index in [1.807, 2.05) is 17.0 Å². The fourth-order valence-corrected chi connectivity index (χ4v) is 8.43. The Morgan fingerprint density at radius 1 is 1.04 bits per heavy atom. The minimum absolute atomic E-state index is 0.0101. The summed E-state index contributed by atoms with van der Waals surface area (Å²) in [6, 6.07) is 9.92. The third-order valence-electron chi connectivity index (χ3n) is 9.57. The smallest absolute Gasteiger partial charge is 0.407 e. The van der Waals surface area contributed by atoms with Gasteiger partial charge in [-0.1, -0.05) is 19.9 Å². The SMILES string of the molecule is CC1(C)CC(=O)n2c(c(-c3ccc(C(N)=O)c(N[C@H]4CC[C@H](OC(=O)NCCN5CCS(=O)(=O)CC5)CC4)c3)c3ccc(F)cc32)C1. The maximum atomic E-state index is 14.4. The average molecular weight is 668 g/mol.